The fraction of sp³-hybridized carbons (Fsp3) is 0.911. The Bertz CT molecular complexity index is 1050. The number of unbranched alkanes of at least 4 members (excludes halogenated alkanes) is 22. The summed E-state index contributed by atoms with van der Waals surface area (Å²) < 4.78 is 11.3. The molecule has 0 aliphatic carbocycles. The Morgan fingerprint density at radius 1 is 0.552 bits per heavy atom. The lowest BCUT2D eigenvalue weighted by Gasteiger charge is -2.39. The Morgan fingerprint density at radius 3 is 1.38 bits per heavy atom. The van der Waals surface area contributed by atoms with Gasteiger partial charge in [0, 0.05) is 19.4 Å². The summed E-state index contributed by atoms with van der Waals surface area (Å²) >= 11 is 0. The first-order valence-electron chi connectivity index (χ1n) is 23.3. The van der Waals surface area contributed by atoms with Gasteiger partial charge in [-0.2, -0.15) is 0 Å². The van der Waals surface area contributed by atoms with Gasteiger partial charge in [-0.1, -0.05) is 168 Å². The summed E-state index contributed by atoms with van der Waals surface area (Å²) in [5.74, 6) is -3.15. The number of likely N-dealkylation sites (N-methyl/N-ethyl adjacent to an activating group) is 1. The van der Waals surface area contributed by atoms with Gasteiger partial charge in [-0.3, -0.25) is 19.2 Å². The molecule has 1 saturated heterocycles. The third kappa shape index (κ3) is 24.7. The zero-order chi connectivity index (χ0) is 43.0. The molecule has 0 aromatic carbocycles. The molecule has 0 bridgehead atoms. The second-order valence-electron chi connectivity index (χ2n) is 16.7. The molecule has 1 aliphatic rings. The molecule has 1 fully saturated rings. The number of amides is 3. The summed E-state index contributed by atoms with van der Waals surface area (Å²) in [6, 6.07) is -2.51. The number of rotatable bonds is 37. The van der Waals surface area contributed by atoms with Gasteiger partial charge >= 0.3 is 5.97 Å². The van der Waals surface area contributed by atoms with Crippen molar-refractivity contribution in [2.75, 3.05) is 13.7 Å². The van der Waals surface area contributed by atoms with Crippen LogP contribution in [0.3, 0.4) is 0 Å². The summed E-state index contributed by atoms with van der Waals surface area (Å²) in [6.07, 6.45) is 23.1. The number of nitrogens with one attached hydrogen (secondary N) is 3. The van der Waals surface area contributed by atoms with Crippen molar-refractivity contribution < 1.29 is 49.1 Å². The van der Waals surface area contributed by atoms with Crippen LogP contribution >= 0.6 is 0 Å². The number of carbonyl (C=O) groups is 4. The molecule has 3 amide bonds. The summed E-state index contributed by atoms with van der Waals surface area (Å²) in [6.45, 7) is 5.51. The number of hydrogen-bond acceptors (Lipinski definition) is 9. The second kappa shape index (κ2) is 34.4. The highest BCUT2D eigenvalue weighted by atomic mass is 16.7. The molecule has 7 N–H and O–H groups in total. The fourth-order valence-electron chi connectivity index (χ4n) is 7.67. The normalized spacial score (nSPS) is 20.4. The van der Waals surface area contributed by atoms with Gasteiger partial charge in [-0.15, -0.1) is 0 Å². The summed E-state index contributed by atoms with van der Waals surface area (Å²) in [7, 11) is 1.38. The molecule has 7 atom stereocenters. The quantitative estimate of drug-likeness (QED) is 0.0314. The maximum atomic E-state index is 14.0. The zero-order valence-electron chi connectivity index (χ0n) is 36.9. The predicted octanol–water partition coefficient (Wildman–Crippen LogP) is 7.21. The first-order chi connectivity index (χ1) is 28.0. The van der Waals surface area contributed by atoms with E-state index in [1.165, 1.54) is 130 Å². The van der Waals surface area contributed by atoms with Crippen LogP contribution < -0.4 is 16.0 Å². The highest BCUT2D eigenvalue weighted by Crippen LogP contribution is 2.23. The van der Waals surface area contributed by atoms with E-state index in [4.69, 9.17) is 9.47 Å². The van der Waals surface area contributed by atoms with Gasteiger partial charge in [0.2, 0.25) is 17.7 Å². The van der Waals surface area contributed by atoms with Crippen molar-refractivity contribution in [2.45, 2.75) is 243 Å². The van der Waals surface area contributed by atoms with Crippen molar-refractivity contribution in [3.05, 3.63) is 0 Å². The van der Waals surface area contributed by atoms with E-state index >= 15 is 0 Å². The Labute approximate surface area is 350 Å². The van der Waals surface area contributed by atoms with Crippen LogP contribution in [-0.2, 0) is 28.7 Å². The van der Waals surface area contributed by atoms with Gasteiger partial charge in [0.1, 0.15) is 30.4 Å². The van der Waals surface area contributed by atoms with Gasteiger partial charge in [0.05, 0.1) is 12.7 Å². The SMILES string of the molecule is CCCCCCCCCCCCCCC(CCCCCCCCCCCCCC)C(=O)N[C@H](CO[C@H]1O[C@@H](C)[C@@H](O)[C@@H](O)[C@@H]1O)C(=O)N[C@@H](CCC(=O)O)C(=O)NC. The van der Waals surface area contributed by atoms with E-state index < -0.39 is 67.2 Å². The Hall–Kier alpha value is -2.32. The number of aliphatic carboxylic acids is 1. The fourth-order valence-corrected chi connectivity index (χ4v) is 7.67. The Morgan fingerprint density at radius 2 is 0.966 bits per heavy atom. The van der Waals surface area contributed by atoms with Crippen LogP contribution in [0.4, 0.5) is 0 Å². The van der Waals surface area contributed by atoms with Crippen LogP contribution in [-0.4, -0.2) is 101 Å². The number of aliphatic hydroxyl groups excluding tert-OH is 3. The average Bonchev–Trinajstić information content (AvgIpc) is 3.21. The molecule has 0 unspecified atom stereocenters. The second-order valence-corrected chi connectivity index (χ2v) is 16.7. The lowest BCUT2D eigenvalue weighted by atomic mass is 9.92. The minimum Gasteiger partial charge on any atom is -0.481 e. The van der Waals surface area contributed by atoms with E-state index in [2.05, 4.69) is 29.8 Å². The minimum absolute atomic E-state index is 0.172. The van der Waals surface area contributed by atoms with E-state index in [9.17, 15) is 39.6 Å². The van der Waals surface area contributed by atoms with Gasteiger partial charge in [0.25, 0.3) is 0 Å². The van der Waals surface area contributed by atoms with E-state index in [1.807, 2.05) is 0 Å². The summed E-state index contributed by atoms with van der Waals surface area (Å²) in [4.78, 5) is 51.7. The van der Waals surface area contributed by atoms with Crippen LogP contribution in [0, 0.1) is 5.92 Å². The van der Waals surface area contributed by atoms with E-state index in [0.717, 1.165) is 38.5 Å². The molecule has 340 valence electrons. The Balaban J connectivity index is 2.93. The molecule has 0 aromatic heterocycles. The van der Waals surface area contributed by atoms with Crippen molar-refractivity contribution in [2.24, 2.45) is 5.92 Å². The number of carboxylic acid groups (broad SMARTS) is 1. The third-order valence-electron chi connectivity index (χ3n) is 11.6. The molecule has 1 heterocycles. The molecule has 1 aliphatic heterocycles. The van der Waals surface area contributed by atoms with E-state index in [1.54, 1.807) is 0 Å². The first kappa shape index (κ1) is 53.7. The van der Waals surface area contributed by atoms with E-state index in [0.29, 0.717) is 12.8 Å². The number of hydrogen-bond donors (Lipinski definition) is 7. The molecular formula is C45H85N3O10. The summed E-state index contributed by atoms with van der Waals surface area (Å²) in [5, 5.41) is 48.1. The lowest BCUT2D eigenvalue weighted by molar-refractivity contribution is -0.293. The largest absolute Gasteiger partial charge is 0.481 e. The van der Waals surface area contributed by atoms with Gasteiger partial charge in [0.15, 0.2) is 6.29 Å². The monoisotopic (exact) mass is 828 g/mol. The number of ether oxygens (including phenoxy) is 2. The number of carboxylic acids is 1. The van der Waals surface area contributed by atoms with Gasteiger partial charge in [-0.25, -0.2) is 0 Å². The summed E-state index contributed by atoms with van der Waals surface area (Å²) in [5.41, 5.74) is 0. The topological polar surface area (TPSA) is 204 Å². The van der Waals surface area contributed by atoms with Crippen molar-refractivity contribution in [3.63, 3.8) is 0 Å². The maximum absolute atomic E-state index is 14.0. The third-order valence-corrected chi connectivity index (χ3v) is 11.6. The van der Waals surface area contributed by atoms with E-state index in [-0.39, 0.29) is 24.7 Å². The maximum Gasteiger partial charge on any atom is 0.303 e. The van der Waals surface area contributed by atoms with Crippen molar-refractivity contribution in [1.29, 1.82) is 0 Å². The molecule has 0 spiro atoms. The van der Waals surface area contributed by atoms with Gasteiger partial charge < -0.3 is 45.9 Å². The zero-order valence-corrected chi connectivity index (χ0v) is 36.9. The number of carbonyl (C=O) groups excluding carboxylic acids is 3. The average molecular weight is 828 g/mol. The van der Waals surface area contributed by atoms with Crippen LogP contribution in [0.25, 0.3) is 0 Å². The smallest absolute Gasteiger partial charge is 0.303 e. The predicted molar refractivity (Wildman–Crippen MR) is 228 cm³/mol. The molecule has 13 heteroatoms. The molecule has 0 saturated carbocycles. The van der Waals surface area contributed by atoms with Crippen LogP contribution in [0.2, 0.25) is 0 Å². The van der Waals surface area contributed by atoms with Gasteiger partial charge in [-0.05, 0) is 26.2 Å². The van der Waals surface area contributed by atoms with Crippen LogP contribution in [0.1, 0.15) is 201 Å². The molecule has 1 rings (SSSR count). The van der Waals surface area contributed by atoms with Crippen LogP contribution in [0.15, 0.2) is 0 Å². The highest BCUT2D eigenvalue weighted by molar-refractivity contribution is 5.92. The molecule has 13 nitrogen and oxygen atoms in total. The lowest BCUT2D eigenvalue weighted by Crippen LogP contribution is -2.59. The van der Waals surface area contributed by atoms with Crippen molar-refractivity contribution >= 4 is 23.7 Å². The van der Waals surface area contributed by atoms with Crippen molar-refractivity contribution in [1.82, 2.24) is 16.0 Å². The van der Waals surface area contributed by atoms with Crippen LogP contribution in [0.5, 0.6) is 0 Å². The molecule has 0 aromatic rings. The molecular weight excluding hydrogens is 743 g/mol. The minimum atomic E-state index is -1.62. The van der Waals surface area contributed by atoms with Crippen molar-refractivity contribution in [3.8, 4) is 0 Å². The Kier molecular flexibility index (Phi) is 31.8. The highest BCUT2D eigenvalue weighted by Gasteiger charge is 2.43. The molecule has 0 radical (unpaired) electrons. The number of aliphatic hydroxyl groups is 3. The standard InChI is InChI=1S/C45H85N3O10/c1-5-7-9-11-13-15-17-19-21-23-25-27-29-35(30-28-26-24-22-20-18-16-14-12-10-8-6-2)42(54)48-37(33-57-45-41(53)40(52)39(51)34(3)58-45)44(56)47-36(43(55)46-4)31-32-38(49)50/h34-37,39-41,45,51-53H,5-33H2,1-4H3,(H,46,55)(H,47,56)(H,48,54)(H,49,50)/t34-,36-,37+,39+,40+,41-,45-/m0/s1. The molecule has 58 heavy (non-hydrogen) atoms. The first-order valence-corrected chi connectivity index (χ1v) is 23.3.